The molecular formula is C20H45NO5P2. The van der Waals surface area contributed by atoms with Crippen molar-refractivity contribution < 1.29 is 23.7 Å². The average molecular weight is 442 g/mol. The topological polar surface area (TPSA) is 49.4 Å². The molecule has 0 aliphatic heterocycles. The normalized spacial score (nSPS) is 12.9. The molecule has 0 aliphatic carbocycles. The molecule has 28 heavy (non-hydrogen) atoms. The molecule has 0 bridgehead atoms. The van der Waals surface area contributed by atoms with Crippen LogP contribution in [0.25, 0.3) is 0 Å². The van der Waals surface area contributed by atoms with Crippen molar-refractivity contribution in [3.8, 4) is 0 Å². The molecule has 0 radical (unpaired) electrons. The van der Waals surface area contributed by atoms with Crippen LogP contribution in [-0.4, -0.2) is 101 Å². The monoisotopic (exact) mass is 441 g/mol. The van der Waals surface area contributed by atoms with Crippen LogP contribution in [0.2, 0.25) is 0 Å². The van der Waals surface area contributed by atoms with Gasteiger partial charge in [0.15, 0.2) is 12.6 Å². The Balaban J connectivity index is 4.12. The molecule has 0 heterocycles. The standard InChI is InChI=1S/C20H45NO5P2/c1-6-22-14-11-21(12-15-27-17-19(23-7-2)24-8-3)13-16-28-18-20(25-9-4)26-10-5/h19-20,27-28H,6-18H2,1-5H3. The van der Waals surface area contributed by atoms with Crippen LogP contribution in [0.15, 0.2) is 0 Å². The highest BCUT2D eigenvalue weighted by Crippen LogP contribution is 2.17. The number of hydrogen-bond donors (Lipinski definition) is 0. The van der Waals surface area contributed by atoms with Crippen LogP contribution >= 0.6 is 17.2 Å². The van der Waals surface area contributed by atoms with Gasteiger partial charge in [0.1, 0.15) is 0 Å². The minimum atomic E-state index is -0.0410. The predicted octanol–water partition coefficient (Wildman–Crippen LogP) is 3.48. The first-order valence-electron chi connectivity index (χ1n) is 10.9. The largest absolute Gasteiger partial charge is 0.380 e. The van der Waals surface area contributed by atoms with Crippen molar-refractivity contribution in [1.82, 2.24) is 4.90 Å². The first kappa shape index (κ1) is 28.6. The molecule has 0 aliphatic rings. The fourth-order valence-electron chi connectivity index (χ4n) is 2.66. The molecule has 0 amide bonds. The molecule has 0 aromatic rings. The first-order valence-corrected chi connectivity index (χ1v) is 13.7. The third-order valence-corrected chi connectivity index (χ3v) is 6.40. The van der Waals surface area contributed by atoms with E-state index in [-0.39, 0.29) is 12.6 Å². The predicted molar refractivity (Wildman–Crippen MR) is 123 cm³/mol. The average Bonchev–Trinajstić information content (AvgIpc) is 2.68. The van der Waals surface area contributed by atoms with Gasteiger partial charge < -0.3 is 28.6 Å². The second-order valence-electron chi connectivity index (χ2n) is 6.13. The van der Waals surface area contributed by atoms with Gasteiger partial charge in [-0.1, -0.05) is 0 Å². The number of nitrogens with zero attached hydrogens (tertiary/aromatic N) is 1. The summed E-state index contributed by atoms with van der Waals surface area (Å²) in [6.45, 7) is 17.8. The van der Waals surface area contributed by atoms with Gasteiger partial charge in [0.05, 0.1) is 6.61 Å². The van der Waals surface area contributed by atoms with E-state index >= 15 is 0 Å². The number of hydrogen-bond acceptors (Lipinski definition) is 6. The first-order chi connectivity index (χ1) is 13.7. The van der Waals surface area contributed by atoms with Crippen LogP contribution in [0.3, 0.4) is 0 Å². The van der Waals surface area contributed by atoms with Gasteiger partial charge in [0, 0.05) is 65.0 Å². The van der Waals surface area contributed by atoms with E-state index in [0.29, 0.717) is 26.4 Å². The van der Waals surface area contributed by atoms with Crippen molar-refractivity contribution in [2.24, 2.45) is 0 Å². The Labute approximate surface area is 177 Å². The maximum Gasteiger partial charge on any atom is 0.161 e. The van der Waals surface area contributed by atoms with E-state index in [1.807, 2.05) is 27.7 Å². The van der Waals surface area contributed by atoms with E-state index in [1.54, 1.807) is 0 Å². The Hall–Kier alpha value is 0.620. The van der Waals surface area contributed by atoms with Crippen molar-refractivity contribution in [3.05, 3.63) is 0 Å². The second kappa shape index (κ2) is 22.3. The molecule has 0 aromatic heterocycles. The maximum absolute atomic E-state index is 5.64. The molecular weight excluding hydrogens is 396 g/mol. The lowest BCUT2D eigenvalue weighted by Crippen LogP contribution is -2.32. The summed E-state index contributed by atoms with van der Waals surface area (Å²) in [7, 11) is 1.72. The summed E-state index contributed by atoms with van der Waals surface area (Å²) in [5.41, 5.74) is 0. The highest BCUT2D eigenvalue weighted by molar-refractivity contribution is 7.38. The summed E-state index contributed by atoms with van der Waals surface area (Å²) >= 11 is 0. The van der Waals surface area contributed by atoms with Crippen molar-refractivity contribution in [2.45, 2.75) is 47.2 Å². The Kier molecular flexibility index (Phi) is 22.8. The van der Waals surface area contributed by atoms with Crippen molar-refractivity contribution in [3.63, 3.8) is 0 Å². The van der Waals surface area contributed by atoms with Crippen LogP contribution in [0, 0.1) is 0 Å². The van der Waals surface area contributed by atoms with Gasteiger partial charge in [-0.2, -0.15) is 0 Å². The highest BCUT2D eigenvalue weighted by Gasteiger charge is 2.11. The molecule has 0 fully saturated rings. The van der Waals surface area contributed by atoms with E-state index in [4.69, 9.17) is 23.7 Å². The lowest BCUT2D eigenvalue weighted by Gasteiger charge is -2.23. The van der Waals surface area contributed by atoms with E-state index < -0.39 is 0 Å². The van der Waals surface area contributed by atoms with Gasteiger partial charge >= 0.3 is 0 Å². The molecule has 0 aromatic carbocycles. The molecule has 6 nitrogen and oxygen atoms in total. The fraction of sp³-hybridized carbons (Fsp3) is 1.00. The van der Waals surface area contributed by atoms with Crippen LogP contribution in [-0.2, 0) is 23.7 Å². The van der Waals surface area contributed by atoms with Crippen LogP contribution in [0.4, 0.5) is 0 Å². The fourth-order valence-corrected chi connectivity index (χ4v) is 4.96. The lowest BCUT2D eigenvalue weighted by atomic mass is 10.5. The van der Waals surface area contributed by atoms with Crippen LogP contribution in [0.1, 0.15) is 34.6 Å². The van der Waals surface area contributed by atoms with E-state index in [2.05, 4.69) is 11.8 Å². The highest BCUT2D eigenvalue weighted by atomic mass is 31.1. The van der Waals surface area contributed by atoms with Gasteiger partial charge in [0.25, 0.3) is 0 Å². The molecule has 2 unspecified atom stereocenters. The molecule has 0 spiro atoms. The van der Waals surface area contributed by atoms with Gasteiger partial charge in [-0.3, -0.25) is 0 Å². The summed E-state index contributed by atoms with van der Waals surface area (Å²) in [6, 6.07) is 0. The summed E-state index contributed by atoms with van der Waals surface area (Å²) in [5, 5.41) is 0. The Morgan fingerprint density at radius 3 is 1.39 bits per heavy atom. The quantitative estimate of drug-likeness (QED) is 0.146. The summed E-state index contributed by atoms with van der Waals surface area (Å²) in [4.78, 5) is 2.53. The Morgan fingerprint density at radius 2 is 1.04 bits per heavy atom. The zero-order valence-corrected chi connectivity index (χ0v) is 20.8. The summed E-state index contributed by atoms with van der Waals surface area (Å²) < 4.78 is 28.1. The third-order valence-electron chi connectivity index (χ3n) is 4.00. The van der Waals surface area contributed by atoms with E-state index in [1.165, 1.54) is 12.3 Å². The van der Waals surface area contributed by atoms with Crippen LogP contribution in [0.5, 0.6) is 0 Å². The molecule has 0 N–H and O–H groups in total. The molecule has 0 rings (SSSR count). The van der Waals surface area contributed by atoms with Gasteiger partial charge in [-0.05, 0) is 46.9 Å². The smallest absolute Gasteiger partial charge is 0.161 e. The molecule has 170 valence electrons. The Bertz CT molecular complexity index is 280. The van der Waals surface area contributed by atoms with Gasteiger partial charge in [0.2, 0.25) is 0 Å². The second-order valence-corrected chi connectivity index (χ2v) is 8.94. The maximum atomic E-state index is 5.64. The lowest BCUT2D eigenvalue weighted by molar-refractivity contribution is -0.120. The van der Waals surface area contributed by atoms with Crippen molar-refractivity contribution in [2.75, 3.05) is 83.9 Å². The number of ether oxygens (including phenoxy) is 5. The SMILES string of the molecule is CCOCCN(CCPCC(OCC)OCC)CCPCC(OCC)OCC. The van der Waals surface area contributed by atoms with Crippen molar-refractivity contribution >= 4 is 17.2 Å². The summed E-state index contributed by atoms with van der Waals surface area (Å²) in [6.07, 6.45) is 4.28. The van der Waals surface area contributed by atoms with Crippen LogP contribution < -0.4 is 0 Å². The minimum absolute atomic E-state index is 0.0410. The van der Waals surface area contributed by atoms with Gasteiger partial charge in [-0.25, -0.2) is 0 Å². The third kappa shape index (κ3) is 17.5. The minimum Gasteiger partial charge on any atom is -0.380 e. The zero-order valence-electron chi connectivity index (χ0n) is 18.8. The van der Waals surface area contributed by atoms with E-state index in [0.717, 1.165) is 62.3 Å². The Morgan fingerprint density at radius 1 is 0.607 bits per heavy atom. The molecule has 2 atom stereocenters. The van der Waals surface area contributed by atoms with Crippen molar-refractivity contribution in [1.29, 1.82) is 0 Å². The summed E-state index contributed by atoms with van der Waals surface area (Å²) in [5.74, 6) is 0. The van der Waals surface area contributed by atoms with Gasteiger partial charge in [-0.15, -0.1) is 17.2 Å². The molecule has 0 saturated carbocycles. The molecule has 8 heteroatoms. The van der Waals surface area contributed by atoms with E-state index in [9.17, 15) is 0 Å². The number of rotatable bonds is 22. The molecule has 0 saturated heterocycles. The zero-order chi connectivity index (χ0) is 20.9.